The lowest BCUT2D eigenvalue weighted by molar-refractivity contribution is -0.188. The van der Waals surface area contributed by atoms with Gasteiger partial charge in [0.1, 0.15) is 18.8 Å². The minimum absolute atomic E-state index is 0.0387. The highest BCUT2D eigenvalue weighted by molar-refractivity contribution is 5.91. The standard InChI is InChI=1S/C34H52O7/c1-6-9-11-13-14-15-16-17-18-20-27(25-29-28(34(36)41-29)21-19-12-10-7-2)40-33(35)26-23-30(37-4)32(39-22-8-3)31(24-26)38-5/h3,23-24,27-29H,6-7,9-22,25H2,1-2,4-5H3/t27-,28-,29-/m0/s1. The second kappa shape index (κ2) is 20.1. The van der Waals surface area contributed by atoms with Crippen LogP contribution < -0.4 is 14.2 Å². The number of rotatable bonds is 23. The first-order valence-corrected chi connectivity index (χ1v) is 15.7. The highest BCUT2D eigenvalue weighted by Gasteiger charge is 2.43. The fraction of sp³-hybridized carbons (Fsp3) is 0.706. The van der Waals surface area contributed by atoms with Crippen molar-refractivity contribution in [2.24, 2.45) is 5.92 Å². The molecule has 1 aromatic rings. The molecule has 1 saturated heterocycles. The number of carbonyl (C=O) groups excluding carboxylic acids is 2. The largest absolute Gasteiger partial charge is 0.493 e. The van der Waals surface area contributed by atoms with E-state index in [4.69, 9.17) is 30.1 Å². The molecule has 0 amide bonds. The van der Waals surface area contributed by atoms with Crippen molar-refractivity contribution < 1.29 is 33.3 Å². The minimum Gasteiger partial charge on any atom is -0.493 e. The van der Waals surface area contributed by atoms with Gasteiger partial charge in [-0.15, -0.1) is 6.42 Å². The third-order valence-electron chi connectivity index (χ3n) is 7.78. The maximum Gasteiger partial charge on any atom is 0.338 e. The normalized spacial score (nSPS) is 16.7. The van der Waals surface area contributed by atoms with E-state index in [-0.39, 0.29) is 30.7 Å². The molecule has 0 spiro atoms. The number of hydrogen-bond donors (Lipinski definition) is 0. The van der Waals surface area contributed by atoms with Gasteiger partial charge < -0.3 is 23.7 Å². The smallest absolute Gasteiger partial charge is 0.338 e. The number of carbonyl (C=O) groups is 2. The topological polar surface area (TPSA) is 80.3 Å². The molecule has 1 fully saturated rings. The fourth-order valence-electron chi connectivity index (χ4n) is 5.35. The van der Waals surface area contributed by atoms with E-state index >= 15 is 0 Å². The second-order valence-corrected chi connectivity index (χ2v) is 11.0. The number of unbranched alkanes of at least 4 members (excludes halogenated alkanes) is 11. The van der Waals surface area contributed by atoms with Crippen LogP contribution in [0.1, 0.15) is 127 Å². The van der Waals surface area contributed by atoms with E-state index in [0.29, 0.717) is 29.2 Å². The van der Waals surface area contributed by atoms with E-state index in [1.165, 1.54) is 65.6 Å². The quantitative estimate of drug-likeness (QED) is 0.0745. The SMILES string of the molecule is C#CCOc1c(OC)cc(C(=O)O[C@@H](CCCCCCCCCCC)C[C@@H]2OC(=O)[C@H]2CCCCCC)cc1OC. The summed E-state index contributed by atoms with van der Waals surface area (Å²) in [6.45, 7) is 4.45. The number of cyclic esters (lactones) is 1. The van der Waals surface area contributed by atoms with Gasteiger partial charge >= 0.3 is 11.9 Å². The molecule has 230 valence electrons. The molecule has 0 unspecified atom stereocenters. The third-order valence-corrected chi connectivity index (χ3v) is 7.78. The Bertz CT molecular complexity index is 926. The molecule has 0 N–H and O–H groups in total. The summed E-state index contributed by atoms with van der Waals surface area (Å²) in [6, 6.07) is 3.15. The number of methoxy groups -OCH3 is 2. The Hall–Kier alpha value is -2.88. The summed E-state index contributed by atoms with van der Waals surface area (Å²) in [4.78, 5) is 25.6. The van der Waals surface area contributed by atoms with Crippen molar-refractivity contribution in [3.05, 3.63) is 17.7 Å². The highest BCUT2D eigenvalue weighted by Crippen LogP contribution is 2.39. The second-order valence-electron chi connectivity index (χ2n) is 11.0. The molecular formula is C34H52O7. The maximum atomic E-state index is 13.3. The van der Waals surface area contributed by atoms with E-state index in [9.17, 15) is 9.59 Å². The summed E-state index contributed by atoms with van der Waals surface area (Å²) >= 11 is 0. The average Bonchev–Trinajstić information content (AvgIpc) is 2.98. The zero-order valence-electron chi connectivity index (χ0n) is 25.8. The number of terminal acetylenes is 1. The zero-order valence-corrected chi connectivity index (χ0v) is 25.8. The molecule has 1 aliphatic rings. The van der Waals surface area contributed by atoms with Crippen LogP contribution in [0.5, 0.6) is 17.2 Å². The van der Waals surface area contributed by atoms with Crippen molar-refractivity contribution in [3.8, 4) is 29.6 Å². The van der Waals surface area contributed by atoms with Crippen molar-refractivity contribution in [2.75, 3.05) is 20.8 Å². The lowest BCUT2D eigenvalue weighted by Gasteiger charge is -2.37. The van der Waals surface area contributed by atoms with E-state index in [0.717, 1.165) is 44.9 Å². The molecule has 7 heteroatoms. The van der Waals surface area contributed by atoms with E-state index in [2.05, 4.69) is 19.8 Å². The van der Waals surface area contributed by atoms with Gasteiger partial charge in [-0.05, 0) is 31.4 Å². The Morgan fingerprint density at radius 2 is 1.46 bits per heavy atom. The Labute approximate surface area is 248 Å². The first-order valence-electron chi connectivity index (χ1n) is 15.7. The van der Waals surface area contributed by atoms with Gasteiger partial charge in [-0.2, -0.15) is 0 Å². The first kappa shape index (κ1) is 34.3. The molecule has 0 saturated carbocycles. The molecular weight excluding hydrogens is 520 g/mol. The van der Waals surface area contributed by atoms with E-state index < -0.39 is 5.97 Å². The van der Waals surface area contributed by atoms with Gasteiger partial charge in [-0.25, -0.2) is 4.79 Å². The minimum atomic E-state index is -0.476. The summed E-state index contributed by atoms with van der Waals surface area (Å²) in [5.41, 5.74) is 0.297. The Morgan fingerprint density at radius 3 is 2.00 bits per heavy atom. The Balaban J connectivity index is 2.04. The van der Waals surface area contributed by atoms with Gasteiger partial charge in [0.2, 0.25) is 5.75 Å². The summed E-state index contributed by atoms with van der Waals surface area (Å²) in [5, 5.41) is 0. The van der Waals surface area contributed by atoms with Crippen LogP contribution in [-0.2, 0) is 14.3 Å². The van der Waals surface area contributed by atoms with Crippen LogP contribution in [0.4, 0.5) is 0 Å². The molecule has 0 aliphatic carbocycles. The van der Waals surface area contributed by atoms with Crippen molar-refractivity contribution >= 4 is 11.9 Å². The Morgan fingerprint density at radius 1 is 0.902 bits per heavy atom. The third kappa shape index (κ3) is 11.9. The summed E-state index contributed by atoms with van der Waals surface area (Å²) in [5.74, 6) is 2.71. The average molecular weight is 573 g/mol. The first-order chi connectivity index (χ1) is 20.0. The van der Waals surface area contributed by atoms with Crippen molar-refractivity contribution in [1.82, 2.24) is 0 Å². The molecule has 1 heterocycles. The molecule has 7 nitrogen and oxygen atoms in total. The Kier molecular flexibility index (Phi) is 16.8. The van der Waals surface area contributed by atoms with Crippen molar-refractivity contribution in [1.29, 1.82) is 0 Å². The highest BCUT2D eigenvalue weighted by atomic mass is 16.6. The lowest BCUT2D eigenvalue weighted by Crippen LogP contribution is -2.47. The van der Waals surface area contributed by atoms with Gasteiger partial charge in [0.05, 0.1) is 25.7 Å². The van der Waals surface area contributed by atoms with Crippen LogP contribution in [0.2, 0.25) is 0 Å². The van der Waals surface area contributed by atoms with Gasteiger partial charge in [0, 0.05) is 6.42 Å². The molecule has 0 aromatic heterocycles. The molecule has 0 bridgehead atoms. The van der Waals surface area contributed by atoms with Crippen LogP contribution in [0.25, 0.3) is 0 Å². The number of esters is 2. The van der Waals surface area contributed by atoms with Crippen molar-refractivity contribution in [3.63, 3.8) is 0 Å². The van der Waals surface area contributed by atoms with E-state index in [1.807, 2.05) is 0 Å². The molecule has 2 rings (SSSR count). The molecule has 1 aromatic carbocycles. The van der Waals surface area contributed by atoms with Crippen LogP contribution in [0, 0.1) is 18.3 Å². The number of benzene rings is 1. The van der Waals surface area contributed by atoms with Gasteiger partial charge in [-0.1, -0.05) is 96.8 Å². The van der Waals surface area contributed by atoms with Gasteiger partial charge in [0.15, 0.2) is 11.5 Å². The lowest BCUT2D eigenvalue weighted by atomic mass is 9.86. The predicted octanol–water partition coefficient (Wildman–Crippen LogP) is 8.06. The van der Waals surface area contributed by atoms with Crippen LogP contribution in [0.3, 0.4) is 0 Å². The number of ether oxygens (including phenoxy) is 5. The molecule has 3 atom stereocenters. The van der Waals surface area contributed by atoms with Crippen LogP contribution in [0.15, 0.2) is 12.1 Å². The van der Waals surface area contributed by atoms with Crippen molar-refractivity contribution in [2.45, 2.75) is 129 Å². The summed E-state index contributed by atoms with van der Waals surface area (Å²) < 4.78 is 28.1. The number of hydrogen-bond acceptors (Lipinski definition) is 7. The van der Waals surface area contributed by atoms with Crippen LogP contribution in [-0.4, -0.2) is 45.0 Å². The predicted molar refractivity (Wildman–Crippen MR) is 162 cm³/mol. The summed E-state index contributed by atoms with van der Waals surface area (Å²) in [6.07, 6.45) is 22.3. The fourth-order valence-corrected chi connectivity index (χ4v) is 5.35. The summed E-state index contributed by atoms with van der Waals surface area (Å²) in [7, 11) is 2.98. The van der Waals surface area contributed by atoms with E-state index in [1.54, 1.807) is 12.1 Å². The van der Waals surface area contributed by atoms with Crippen LogP contribution >= 0.6 is 0 Å². The maximum absolute atomic E-state index is 13.3. The van der Waals surface area contributed by atoms with Gasteiger partial charge in [0.25, 0.3) is 0 Å². The molecule has 41 heavy (non-hydrogen) atoms. The molecule has 1 aliphatic heterocycles. The monoisotopic (exact) mass is 572 g/mol. The zero-order chi connectivity index (χ0) is 29.9. The molecule has 0 radical (unpaired) electrons. The van der Waals surface area contributed by atoms with Gasteiger partial charge in [-0.3, -0.25) is 4.79 Å².